The van der Waals surface area contributed by atoms with Crippen LogP contribution >= 0.6 is 0 Å². The molecular formula is C11H20O6. The molecule has 6 heteroatoms. The molecule has 0 aliphatic carbocycles. The van der Waals surface area contributed by atoms with Gasteiger partial charge in [-0.3, -0.25) is 4.79 Å². The fourth-order valence-electron chi connectivity index (χ4n) is 1.40. The minimum absolute atomic E-state index is 0.110. The average molecular weight is 248 g/mol. The van der Waals surface area contributed by atoms with Crippen LogP contribution < -0.4 is 0 Å². The van der Waals surface area contributed by atoms with Crippen molar-refractivity contribution in [3.05, 3.63) is 0 Å². The summed E-state index contributed by atoms with van der Waals surface area (Å²) in [6.07, 6.45) is -0.0703. The zero-order valence-corrected chi connectivity index (χ0v) is 10.4. The second kappa shape index (κ2) is 5.97. The molecule has 0 bridgehead atoms. The summed E-state index contributed by atoms with van der Waals surface area (Å²) < 4.78 is 4.33. The molecule has 0 aromatic carbocycles. The van der Waals surface area contributed by atoms with Crippen molar-refractivity contribution in [2.45, 2.75) is 50.7 Å². The van der Waals surface area contributed by atoms with E-state index < -0.39 is 29.6 Å². The summed E-state index contributed by atoms with van der Waals surface area (Å²) in [7, 11) is 1.13. The van der Waals surface area contributed by atoms with E-state index in [4.69, 9.17) is 5.11 Å². The van der Waals surface area contributed by atoms with Gasteiger partial charge in [0.2, 0.25) is 0 Å². The SMILES string of the molecule is COC(=O)C[C@](O)(CCCC(C)(C)O)C(=O)O. The number of hydrogen-bond acceptors (Lipinski definition) is 5. The van der Waals surface area contributed by atoms with Crippen molar-refractivity contribution in [3.63, 3.8) is 0 Å². The highest BCUT2D eigenvalue weighted by Crippen LogP contribution is 2.22. The Morgan fingerprint density at radius 3 is 2.06 bits per heavy atom. The van der Waals surface area contributed by atoms with E-state index in [2.05, 4.69) is 4.74 Å². The summed E-state index contributed by atoms with van der Waals surface area (Å²) in [4.78, 5) is 21.9. The first-order valence-electron chi connectivity index (χ1n) is 5.36. The predicted octanol–water partition coefficient (Wildman–Crippen LogP) is 0.306. The van der Waals surface area contributed by atoms with Gasteiger partial charge in [-0.15, -0.1) is 0 Å². The van der Waals surface area contributed by atoms with Gasteiger partial charge in [0.1, 0.15) is 0 Å². The van der Waals surface area contributed by atoms with Gasteiger partial charge in [0, 0.05) is 0 Å². The maximum absolute atomic E-state index is 11.0. The van der Waals surface area contributed by atoms with Crippen molar-refractivity contribution in [1.82, 2.24) is 0 Å². The molecule has 100 valence electrons. The lowest BCUT2D eigenvalue weighted by Crippen LogP contribution is -2.41. The largest absolute Gasteiger partial charge is 0.479 e. The van der Waals surface area contributed by atoms with Crippen LogP contribution in [-0.2, 0) is 14.3 Å². The van der Waals surface area contributed by atoms with E-state index in [-0.39, 0.29) is 6.42 Å². The molecule has 3 N–H and O–H groups in total. The lowest BCUT2D eigenvalue weighted by molar-refractivity contribution is -0.167. The number of carbonyl (C=O) groups excluding carboxylic acids is 1. The number of hydrogen-bond donors (Lipinski definition) is 3. The molecule has 0 saturated carbocycles. The Hall–Kier alpha value is -1.14. The molecule has 0 aliphatic rings. The summed E-state index contributed by atoms with van der Waals surface area (Å²) in [5.41, 5.74) is -3.05. The molecule has 17 heavy (non-hydrogen) atoms. The fourth-order valence-corrected chi connectivity index (χ4v) is 1.40. The van der Waals surface area contributed by atoms with Gasteiger partial charge in [-0.2, -0.15) is 0 Å². The molecule has 0 unspecified atom stereocenters. The minimum atomic E-state index is -2.13. The second-order valence-electron chi connectivity index (χ2n) is 4.76. The Labute approximate surface area is 100 Å². The third-order valence-electron chi connectivity index (χ3n) is 2.44. The number of aliphatic carboxylic acids is 1. The van der Waals surface area contributed by atoms with Crippen LogP contribution in [0, 0.1) is 0 Å². The van der Waals surface area contributed by atoms with Gasteiger partial charge in [-0.1, -0.05) is 0 Å². The van der Waals surface area contributed by atoms with E-state index in [1.165, 1.54) is 0 Å². The Kier molecular flexibility index (Phi) is 5.57. The number of rotatable bonds is 7. The first-order chi connectivity index (χ1) is 7.60. The zero-order valence-electron chi connectivity index (χ0n) is 10.4. The summed E-state index contributed by atoms with van der Waals surface area (Å²) in [5.74, 6) is -2.24. The molecule has 0 heterocycles. The van der Waals surface area contributed by atoms with Crippen molar-refractivity contribution in [1.29, 1.82) is 0 Å². The number of carboxylic acids is 1. The van der Waals surface area contributed by atoms with Crippen molar-refractivity contribution in [3.8, 4) is 0 Å². The molecule has 0 amide bonds. The van der Waals surface area contributed by atoms with Crippen LogP contribution in [0.15, 0.2) is 0 Å². The summed E-state index contributed by atoms with van der Waals surface area (Å²) in [5, 5.41) is 28.2. The van der Waals surface area contributed by atoms with Crippen LogP contribution in [0.25, 0.3) is 0 Å². The van der Waals surface area contributed by atoms with Crippen LogP contribution in [0.2, 0.25) is 0 Å². The van der Waals surface area contributed by atoms with Gasteiger partial charge in [0.05, 0.1) is 19.1 Å². The molecule has 0 aromatic heterocycles. The topological polar surface area (TPSA) is 104 Å². The average Bonchev–Trinajstić information content (AvgIpc) is 2.15. The molecule has 0 aromatic rings. The summed E-state index contributed by atoms with van der Waals surface area (Å²) in [6, 6.07) is 0. The van der Waals surface area contributed by atoms with E-state index in [0.29, 0.717) is 12.8 Å². The Balaban J connectivity index is 4.42. The Bertz CT molecular complexity index is 280. The molecule has 0 radical (unpaired) electrons. The summed E-state index contributed by atoms with van der Waals surface area (Å²) in [6.45, 7) is 3.18. The smallest absolute Gasteiger partial charge is 0.336 e. The van der Waals surface area contributed by atoms with Gasteiger partial charge in [-0.05, 0) is 33.1 Å². The molecular weight excluding hydrogens is 228 g/mol. The monoisotopic (exact) mass is 248 g/mol. The molecule has 6 nitrogen and oxygen atoms in total. The molecule has 0 fully saturated rings. The van der Waals surface area contributed by atoms with Crippen LogP contribution in [-0.4, -0.2) is 45.6 Å². The highest BCUT2D eigenvalue weighted by molar-refractivity contribution is 5.84. The third-order valence-corrected chi connectivity index (χ3v) is 2.44. The predicted molar refractivity (Wildman–Crippen MR) is 59.4 cm³/mol. The number of carbonyl (C=O) groups is 2. The number of esters is 1. The minimum Gasteiger partial charge on any atom is -0.479 e. The number of aliphatic hydroxyl groups is 2. The molecule has 0 saturated heterocycles. The summed E-state index contributed by atoms with van der Waals surface area (Å²) >= 11 is 0. The second-order valence-corrected chi connectivity index (χ2v) is 4.76. The van der Waals surface area contributed by atoms with E-state index in [1.54, 1.807) is 13.8 Å². The standard InChI is InChI=1S/C11H20O6/c1-10(2,15)5-4-6-11(16,9(13)14)7-8(12)17-3/h15-16H,4-7H2,1-3H3,(H,13,14)/t11-/m1/s1. The maximum Gasteiger partial charge on any atom is 0.336 e. The number of carboxylic acid groups (broad SMARTS) is 1. The quantitative estimate of drug-likeness (QED) is 0.560. The number of methoxy groups -OCH3 is 1. The van der Waals surface area contributed by atoms with Crippen LogP contribution in [0.5, 0.6) is 0 Å². The molecule has 0 aliphatic heterocycles. The van der Waals surface area contributed by atoms with E-state index in [9.17, 15) is 19.8 Å². The van der Waals surface area contributed by atoms with Crippen molar-refractivity contribution >= 4 is 11.9 Å². The first kappa shape index (κ1) is 15.9. The molecule has 0 spiro atoms. The van der Waals surface area contributed by atoms with Gasteiger partial charge in [0.15, 0.2) is 5.60 Å². The van der Waals surface area contributed by atoms with Gasteiger partial charge in [-0.25, -0.2) is 4.79 Å². The Morgan fingerprint density at radius 2 is 1.71 bits per heavy atom. The van der Waals surface area contributed by atoms with Crippen LogP contribution in [0.4, 0.5) is 0 Å². The van der Waals surface area contributed by atoms with Gasteiger partial charge >= 0.3 is 11.9 Å². The molecule has 0 rings (SSSR count). The van der Waals surface area contributed by atoms with E-state index >= 15 is 0 Å². The first-order valence-corrected chi connectivity index (χ1v) is 5.36. The zero-order chi connectivity index (χ0) is 13.7. The van der Waals surface area contributed by atoms with Gasteiger partial charge < -0.3 is 20.1 Å². The van der Waals surface area contributed by atoms with E-state index in [1.807, 2.05) is 0 Å². The molecule has 1 atom stereocenters. The fraction of sp³-hybridized carbons (Fsp3) is 0.818. The van der Waals surface area contributed by atoms with Crippen molar-refractivity contribution in [2.24, 2.45) is 0 Å². The van der Waals surface area contributed by atoms with Crippen LogP contribution in [0.1, 0.15) is 39.5 Å². The van der Waals surface area contributed by atoms with Crippen LogP contribution in [0.3, 0.4) is 0 Å². The lowest BCUT2D eigenvalue weighted by Gasteiger charge is -2.24. The lowest BCUT2D eigenvalue weighted by atomic mass is 9.90. The third kappa shape index (κ3) is 6.23. The van der Waals surface area contributed by atoms with E-state index in [0.717, 1.165) is 7.11 Å². The normalized spacial score (nSPS) is 15.1. The van der Waals surface area contributed by atoms with Crippen molar-refractivity contribution in [2.75, 3.05) is 7.11 Å². The highest BCUT2D eigenvalue weighted by Gasteiger charge is 2.38. The highest BCUT2D eigenvalue weighted by atomic mass is 16.5. The van der Waals surface area contributed by atoms with Crippen molar-refractivity contribution < 1.29 is 29.6 Å². The Morgan fingerprint density at radius 1 is 1.18 bits per heavy atom. The van der Waals surface area contributed by atoms with Gasteiger partial charge in [0.25, 0.3) is 0 Å². The maximum atomic E-state index is 11.0. The number of ether oxygens (including phenoxy) is 1.